The highest BCUT2D eigenvalue weighted by molar-refractivity contribution is 5.95. The molecule has 1 fully saturated rings. The number of carbonyl (C=O) groups excluding carboxylic acids is 1. The summed E-state index contributed by atoms with van der Waals surface area (Å²) in [5.74, 6) is 0.525. The third-order valence-electron chi connectivity index (χ3n) is 4.53. The number of aromatic nitrogens is 3. The van der Waals surface area contributed by atoms with Crippen molar-refractivity contribution in [3.63, 3.8) is 0 Å². The van der Waals surface area contributed by atoms with Crippen LogP contribution in [-0.4, -0.2) is 51.3 Å². The molecule has 7 heteroatoms. The molecule has 1 aliphatic heterocycles. The summed E-state index contributed by atoms with van der Waals surface area (Å²) >= 11 is 0. The van der Waals surface area contributed by atoms with Gasteiger partial charge in [-0.15, -0.1) is 0 Å². The van der Waals surface area contributed by atoms with Crippen molar-refractivity contribution < 1.29 is 14.3 Å². The molecule has 1 aromatic carbocycles. The number of rotatable bonds is 6. The predicted molar refractivity (Wildman–Crippen MR) is 99.8 cm³/mol. The van der Waals surface area contributed by atoms with Gasteiger partial charge >= 0.3 is 5.97 Å². The third kappa shape index (κ3) is 3.78. The van der Waals surface area contributed by atoms with Gasteiger partial charge in [0.1, 0.15) is 17.4 Å². The summed E-state index contributed by atoms with van der Waals surface area (Å²) in [5, 5.41) is 4.22. The van der Waals surface area contributed by atoms with E-state index in [1.54, 1.807) is 17.6 Å². The second-order valence-corrected chi connectivity index (χ2v) is 6.76. The van der Waals surface area contributed by atoms with Crippen LogP contribution in [-0.2, 0) is 11.3 Å². The van der Waals surface area contributed by atoms with E-state index in [0.29, 0.717) is 17.8 Å². The summed E-state index contributed by atoms with van der Waals surface area (Å²) in [7, 11) is 0. The molecule has 27 heavy (non-hydrogen) atoms. The number of carbonyl (C=O) groups is 1. The van der Waals surface area contributed by atoms with Crippen LogP contribution in [0.2, 0.25) is 0 Å². The number of esters is 1. The van der Waals surface area contributed by atoms with E-state index >= 15 is 0 Å². The van der Waals surface area contributed by atoms with Gasteiger partial charge in [-0.2, -0.15) is 5.10 Å². The zero-order valence-electron chi connectivity index (χ0n) is 15.5. The van der Waals surface area contributed by atoms with Gasteiger partial charge in [0.05, 0.1) is 12.8 Å². The van der Waals surface area contributed by atoms with Crippen LogP contribution in [0.1, 0.15) is 28.4 Å². The smallest absolute Gasteiger partial charge is 0.343 e. The molecule has 2 aromatic heterocycles. The number of hydrogen-bond acceptors (Lipinski definition) is 6. The number of benzene rings is 1. The lowest BCUT2D eigenvalue weighted by Crippen LogP contribution is -2.53. The van der Waals surface area contributed by atoms with Gasteiger partial charge in [-0.1, -0.05) is 12.1 Å². The van der Waals surface area contributed by atoms with Gasteiger partial charge in [-0.3, -0.25) is 4.90 Å². The van der Waals surface area contributed by atoms with E-state index in [0.717, 1.165) is 30.9 Å². The van der Waals surface area contributed by atoms with E-state index in [4.69, 9.17) is 9.47 Å². The molecular weight excluding hydrogens is 344 g/mol. The molecule has 0 atom stereocenters. The number of nitrogens with zero attached hydrogens (tertiary/aromatic N) is 4. The molecule has 0 aliphatic carbocycles. The maximum Gasteiger partial charge on any atom is 0.343 e. The number of likely N-dealkylation sites (tertiary alicyclic amines) is 1. The molecule has 3 aromatic rings. The maximum atomic E-state index is 11.9. The first-order valence-corrected chi connectivity index (χ1v) is 9.07. The van der Waals surface area contributed by atoms with Gasteiger partial charge in [0.15, 0.2) is 5.65 Å². The first-order chi connectivity index (χ1) is 13.1. The standard InChI is InChI=1S/C20H22N4O3/c1-3-26-20(25)18-9-22-24-11-15(8-21-19(18)24)10-23-12-17(13-23)27-16-6-4-5-14(2)7-16/h4-9,11,17H,3,10,12-13H2,1-2H3. The second kappa shape index (κ2) is 7.36. The van der Waals surface area contributed by atoms with Crippen LogP contribution in [0.4, 0.5) is 0 Å². The molecule has 4 rings (SSSR count). The highest BCUT2D eigenvalue weighted by Crippen LogP contribution is 2.21. The van der Waals surface area contributed by atoms with Crippen LogP contribution in [0.15, 0.2) is 42.9 Å². The van der Waals surface area contributed by atoms with Crippen molar-refractivity contribution in [1.82, 2.24) is 19.5 Å². The van der Waals surface area contributed by atoms with Crippen LogP contribution in [0.25, 0.3) is 5.65 Å². The molecule has 0 unspecified atom stereocenters. The van der Waals surface area contributed by atoms with Gasteiger partial charge in [0, 0.05) is 37.6 Å². The van der Waals surface area contributed by atoms with Crippen molar-refractivity contribution in [3.05, 3.63) is 59.5 Å². The number of hydrogen-bond donors (Lipinski definition) is 0. The quantitative estimate of drug-likeness (QED) is 0.624. The average molecular weight is 366 g/mol. The molecular formula is C20H22N4O3. The molecule has 0 radical (unpaired) electrons. The normalized spacial score (nSPS) is 14.9. The molecule has 0 saturated carbocycles. The Balaban J connectivity index is 1.35. The number of aryl methyl sites for hydroxylation is 1. The van der Waals surface area contributed by atoms with Gasteiger partial charge < -0.3 is 9.47 Å². The van der Waals surface area contributed by atoms with Crippen molar-refractivity contribution in [2.24, 2.45) is 0 Å². The summed E-state index contributed by atoms with van der Waals surface area (Å²) in [6.45, 7) is 6.68. The van der Waals surface area contributed by atoms with Crippen LogP contribution in [0, 0.1) is 6.92 Å². The first-order valence-electron chi connectivity index (χ1n) is 9.07. The monoisotopic (exact) mass is 366 g/mol. The summed E-state index contributed by atoms with van der Waals surface area (Å²) in [6.07, 6.45) is 5.40. The van der Waals surface area contributed by atoms with Crippen LogP contribution in [0.3, 0.4) is 0 Å². The second-order valence-electron chi connectivity index (χ2n) is 6.76. The molecule has 1 aliphatic rings. The molecule has 7 nitrogen and oxygen atoms in total. The Kier molecular flexibility index (Phi) is 4.77. The predicted octanol–water partition coefficient (Wildman–Crippen LogP) is 2.48. The van der Waals surface area contributed by atoms with Gasteiger partial charge in [0.2, 0.25) is 0 Å². The summed E-state index contributed by atoms with van der Waals surface area (Å²) < 4.78 is 12.7. The lowest BCUT2D eigenvalue weighted by atomic mass is 10.1. The van der Waals surface area contributed by atoms with Crippen LogP contribution in [0.5, 0.6) is 5.75 Å². The lowest BCUT2D eigenvalue weighted by Gasteiger charge is -2.39. The van der Waals surface area contributed by atoms with E-state index in [1.807, 2.05) is 18.3 Å². The Morgan fingerprint density at radius 2 is 2.15 bits per heavy atom. The fourth-order valence-corrected chi connectivity index (χ4v) is 3.21. The Morgan fingerprint density at radius 1 is 1.30 bits per heavy atom. The van der Waals surface area contributed by atoms with Crippen molar-refractivity contribution in [2.75, 3.05) is 19.7 Å². The average Bonchev–Trinajstić information content (AvgIpc) is 3.03. The van der Waals surface area contributed by atoms with Crippen LogP contribution >= 0.6 is 0 Å². The molecule has 0 spiro atoms. The highest BCUT2D eigenvalue weighted by Gasteiger charge is 2.28. The summed E-state index contributed by atoms with van der Waals surface area (Å²) in [5.41, 5.74) is 3.14. The van der Waals surface area contributed by atoms with Crippen molar-refractivity contribution in [1.29, 1.82) is 0 Å². The van der Waals surface area contributed by atoms with Crippen molar-refractivity contribution in [3.8, 4) is 5.75 Å². The topological polar surface area (TPSA) is 69.0 Å². The number of ether oxygens (including phenoxy) is 2. The molecule has 140 valence electrons. The zero-order valence-corrected chi connectivity index (χ0v) is 15.5. The van der Waals surface area contributed by atoms with E-state index < -0.39 is 5.97 Å². The SMILES string of the molecule is CCOC(=O)c1cnn2cc(CN3CC(Oc4cccc(C)c4)C3)cnc12. The first kappa shape index (κ1) is 17.5. The van der Waals surface area contributed by atoms with E-state index in [1.165, 1.54) is 11.8 Å². The minimum absolute atomic E-state index is 0.212. The molecule has 1 saturated heterocycles. The Bertz CT molecular complexity index is 963. The van der Waals surface area contributed by atoms with Crippen molar-refractivity contribution in [2.45, 2.75) is 26.5 Å². The third-order valence-corrected chi connectivity index (χ3v) is 4.53. The fourth-order valence-electron chi connectivity index (χ4n) is 3.21. The van der Waals surface area contributed by atoms with Gasteiger partial charge in [0.25, 0.3) is 0 Å². The van der Waals surface area contributed by atoms with Crippen LogP contribution < -0.4 is 4.74 Å². The van der Waals surface area contributed by atoms with E-state index in [9.17, 15) is 4.79 Å². The lowest BCUT2D eigenvalue weighted by molar-refractivity contribution is 0.0144. The summed E-state index contributed by atoms with van der Waals surface area (Å²) in [6, 6.07) is 8.12. The van der Waals surface area contributed by atoms with Gasteiger partial charge in [-0.25, -0.2) is 14.3 Å². The largest absolute Gasteiger partial charge is 0.488 e. The minimum Gasteiger partial charge on any atom is -0.488 e. The molecule has 0 amide bonds. The summed E-state index contributed by atoms with van der Waals surface area (Å²) in [4.78, 5) is 18.6. The molecule has 3 heterocycles. The number of fused-ring (bicyclic) bond motifs is 1. The van der Waals surface area contributed by atoms with Gasteiger partial charge in [-0.05, 0) is 31.5 Å². The van der Waals surface area contributed by atoms with E-state index in [2.05, 4.69) is 34.0 Å². The Hall–Kier alpha value is -2.93. The zero-order chi connectivity index (χ0) is 18.8. The molecule has 0 N–H and O–H groups in total. The minimum atomic E-state index is -0.397. The maximum absolute atomic E-state index is 11.9. The molecule has 0 bridgehead atoms. The highest BCUT2D eigenvalue weighted by atomic mass is 16.5. The Labute approximate surface area is 157 Å². The Morgan fingerprint density at radius 3 is 2.93 bits per heavy atom. The van der Waals surface area contributed by atoms with E-state index in [-0.39, 0.29) is 6.10 Å². The van der Waals surface area contributed by atoms with Crippen molar-refractivity contribution >= 4 is 11.6 Å². The fraction of sp³-hybridized carbons (Fsp3) is 0.350.